The standard InChI is InChI=1S/C6H5FO/c7-6(8)5-3-1-2-4-5/h1-3H,4H2. The Morgan fingerprint density at radius 1 is 1.75 bits per heavy atom. The van der Waals surface area contributed by atoms with Crippen LogP contribution >= 0.6 is 0 Å². The van der Waals surface area contributed by atoms with Gasteiger partial charge in [0.05, 0.1) is 0 Å². The maximum atomic E-state index is 11.7. The lowest BCUT2D eigenvalue weighted by Gasteiger charge is -1.84. The summed E-state index contributed by atoms with van der Waals surface area (Å²) in [5.74, 6) is 0. The lowest BCUT2D eigenvalue weighted by atomic mass is 10.2. The second kappa shape index (κ2) is 1.90. The van der Waals surface area contributed by atoms with Crippen LogP contribution in [0.25, 0.3) is 0 Å². The molecule has 0 aromatic heterocycles. The van der Waals surface area contributed by atoms with Crippen LogP contribution in [0.5, 0.6) is 0 Å². The van der Waals surface area contributed by atoms with Crippen LogP contribution < -0.4 is 0 Å². The molecular formula is C6H5FO. The molecule has 0 heterocycles. The highest BCUT2D eigenvalue weighted by Crippen LogP contribution is 2.10. The first kappa shape index (κ1) is 5.22. The third-order valence-electron chi connectivity index (χ3n) is 1.02. The van der Waals surface area contributed by atoms with Gasteiger partial charge in [-0.05, 0) is 6.42 Å². The van der Waals surface area contributed by atoms with Crippen molar-refractivity contribution in [3.8, 4) is 0 Å². The summed E-state index contributed by atoms with van der Waals surface area (Å²) in [6.07, 6.45) is 5.36. The lowest BCUT2D eigenvalue weighted by Crippen LogP contribution is -1.88. The van der Waals surface area contributed by atoms with E-state index in [2.05, 4.69) is 0 Å². The Bertz CT molecular complexity index is 167. The van der Waals surface area contributed by atoms with E-state index in [0.717, 1.165) is 0 Å². The van der Waals surface area contributed by atoms with Crippen LogP contribution in [-0.4, -0.2) is 6.04 Å². The molecule has 0 aliphatic heterocycles. The highest BCUT2D eigenvalue weighted by molar-refractivity contribution is 5.88. The third-order valence-corrected chi connectivity index (χ3v) is 1.02. The van der Waals surface area contributed by atoms with Crippen molar-refractivity contribution in [1.82, 2.24) is 0 Å². The highest BCUT2D eigenvalue weighted by atomic mass is 19.1. The van der Waals surface area contributed by atoms with Crippen LogP contribution in [-0.2, 0) is 4.79 Å². The summed E-state index contributed by atoms with van der Waals surface area (Å²) >= 11 is 0. The van der Waals surface area contributed by atoms with Crippen LogP contribution in [0.15, 0.2) is 23.8 Å². The van der Waals surface area contributed by atoms with Gasteiger partial charge in [0.1, 0.15) is 0 Å². The smallest absolute Gasteiger partial charge is 0.256 e. The molecule has 0 unspecified atom stereocenters. The number of carbonyl (C=O) groups excluding carboxylic acids is 1. The highest BCUT2D eigenvalue weighted by Gasteiger charge is 2.06. The Kier molecular flexibility index (Phi) is 1.24. The Balaban J connectivity index is 2.64. The Morgan fingerprint density at radius 2 is 2.50 bits per heavy atom. The van der Waals surface area contributed by atoms with Gasteiger partial charge in [0.15, 0.2) is 0 Å². The number of hydrogen-bond donors (Lipinski definition) is 0. The molecule has 0 atom stereocenters. The van der Waals surface area contributed by atoms with Crippen LogP contribution in [0, 0.1) is 0 Å². The average Bonchev–Trinajstić information content (AvgIpc) is 2.12. The van der Waals surface area contributed by atoms with Crippen molar-refractivity contribution in [2.24, 2.45) is 0 Å². The molecular weight excluding hydrogens is 107 g/mol. The number of carbonyl (C=O) groups is 1. The van der Waals surface area contributed by atoms with E-state index in [9.17, 15) is 9.18 Å². The first-order valence-electron chi connectivity index (χ1n) is 2.36. The minimum Gasteiger partial charge on any atom is -0.256 e. The Morgan fingerprint density at radius 3 is 2.75 bits per heavy atom. The molecule has 8 heavy (non-hydrogen) atoms. The topological polar surface area (TPSA) is 17.1 Å². The van der Waals surface area contributed by atoms with Crippen molar-refractivity contribution >= 4 is 6.04 Å². The predicted octanol–water partition coefficient (Wildman–Crippen LogP) is 1.37. The van der Waals surface area contributed by atoms with Gasteiger partial charge in [0.25, 0.3) is 0 Å². The van der Waals surface area contributed by atoms with Crippen LogP contribution in [0.4, 0.5) is 4.39 Å². The van der Waals surface area contributed by atoms with Crippen LogP contribution in [0.3, 0.4) is 0 Å². The van der Waals surface area contributed by atoms with Crippen molar-refractivity contribution in [2.45, 2.75) is 6.42 Å². The van der Waals surface area contributed by atoms with E-state index in [1.54, 1.807) is 12.2 Å². The van der Waals surface area contributed by atoms with Gasteiger partial charge in [-0.1, -0.05) is 18.2 Å². The van der Waals surface area contributed by atoms with E-state index in [1.165, 1.54) is 6.08 Å². The fourth-order valence-corrected chi connectivity index (χ4v) is 0.593. The first-order chi connectivity index (χ1) is 3.80. The van der Waals surface area contributed by atoms with Crippen molar-refractivity contribution in [3.05, 3.63) is 23.8 Å². The van der Waals surface area contributed by atoms with E-state index in [0.29, 0.717) is 6.42 Å². The zero-order valence-corrected chi connectivity index (χ0v) is 4.23. The summed E-state index contributed by atoms with van der Waals surface area (Å²) in [4.78, 5) is 9.87. The number of halogens is 1. The molecule has 0 aromatic carbocycles. The lowest BCUT2D eigenvalue weighted by molar-refractivity contribution is -0.125. The van der Waals surface area contributed by atoms with Gasteiger partial charge in [0.2, 0.25) is 0 Å². The molecule has 1 nitrogen and oxygen atoms in total. The Hall–Kier alpha value is -0.920. The zero-order chi connectivity index (χ0) is 5.98. The molecule has 0 amide bonds. The SMILES string of the molecule is O=C(F)C1=CC=CC1. The van der Waals surface area contributed by atoms with E-state index in [4.69, 9.17) is 0 Å². The van der Waals surface area contributed by atoms with Gasteiger partial charge in [-0.15, -0.1) is 0 Å². The van der Waals surface area contributed by atoms with Crippen LogP contribution in [0.2, 0.25) is 0 Å². The summed E-state index contributed by atoms with van der Waals surface area (Å²) in [5.41, 5.74) is 0.255. The molecule has 1 aliphatic carbocycles. The van der Waals surface area contributed by atoms with Crippen molar-refractivity contribution in [2.75, 3.05) is 0 Å². The molecule has 0 fully saturated rings. The van der Waals surface area contributed by atoms with Gasteiger partial charge in [0, 0.05) is 5.57 Å². The minimum atomic E-state index is -1.31. The van der Waals surface area contributed by atoms with E-state index in [-0.39, 0.29) is 5.57 Å². The van der Waals surface area contributed by atoms with Gasteiger partial charge in [-0.3, -0.25) is 4.79 Å². The first-order valence-corrected chi connectivity index (χ1v) is 2.36. The maximum absolute atomic E-state index is 11.7. The second-order valence-corrected chi connectivity index (χ2v) is 1.60. The molecule has 0 saturated carbocycles. The summed E-state index contributed by atoms with van der Waals surface area (Å²) < 4.78 is 11.7. The van der Waals surface area contributed by atoms with Crippen molar-refractivity contribution < 1.29 is 9.18 Å². The molecule has 2 heteroatoms. The molecule has 42 valence electrons. The monoisotopic (exact) mass is 112 g/mol. The molecule has 0 radical (unpaired) electrons. The van der Waals surface area contributed by atoms with Gasteiger partial charge in [-0.25, -0.2) is 0 Å². The zero-order valence-electron chi connectivity index (χ0n) is 4.23. The second-order valence-electron chi connectivity index (χ2n) is 1.60. The third kappa shape index (κ3) is 0.832. The molecule has 0 bridgehead atoms. The van der Waals surface area contributed by atoms with E-state index >= 15 is 0 Å². The average molecular weight is 112 g/mol. The fraction of sp³-hybridized carbons (Fsp3) is 0.167. The fourth-order valence-electron chi connectivity index (χ4n) is 0.593. The summed E-state index contributed by atoms with van der Waals surface area (Å²) in [6, 6.07) is -1.31. The van der Waals surface area contributed by atoms with E-state index < -0.39 is 6.04 Å². The quantitative estimate of drug-likeness (QED) is 0.468. The summed E-state index contributed by atoms with van der Waals surface area (Å²) in [7, 11) is 0. The van der Waals surface area contributed by atoms with Crippen molar-refractivity contribution in [3.63, 3.8) is 0 Å². The maximum Gasteiger partial charge on any atom is 0.328 e. The molecule has 0 spiro atoms. The number of allylic oxidation sites excluding steroid dienone is 4. The molecule has 0 aromatic rings. The molecule has 1 rings (SSSR count). The summed E-state index contributed by atoms with van der Waals surface area (Å²) in [6.45, 7) is 0. The molecule has 0 N–H and O–H groups in total. The molecule has 0 saturated heterocycles. The van der Waals surface area contributed by atoms with Gasteiger partial charge >= 0.3 is 6.04 Å². The summed E-state index contributed by atoms with van der Waals surface area (Å²) in [5, 5.41) is 0. The van der Waals surface area contributed by atoms with Crippen LogP contribution in [0.1, 0.15) is 6.42 Å². The normalized spacial score (nSPS) is 16.4. The number of hydrogen-bond acceptors (Lipinski definition) is 1. The van der Waals surface area contributed by atoms with Crippen molar-refractivity contribution in [1.29, 1.82) is 0 Å². The van der Waals surface area contributed by atoms with Gasteiger partial charge in [-0.2, -0.15) is 4.39 Å². The number of rotatable bonds is 1. The Labute approximate surface area is 46.5 Å². The predicted molar refractivity (Wildman–Crippen MR) is 28.0 cm³/mol. The largest absolute Gasteiger partial charge is 0.328 e. The molecule has 1 aliphatic rings. The van der Waals surface area contributed by atoms with E-state index in [1.807, 2.05) is 0 Å². The van der Waals surface area contributed by atoms with Gasteiger partial charge < -0.3 is 0 Å². The minimum absolute atomic E-state index is 0.255.